The predicted molar refractivity (Wildman–Crippen MR) is 361 cm³/mol. The molecule has 3 N–H and O–H groups in total. The van der Waals surface area contributed by atoms with Crippen LogP contribution in [0.4, 0.5) is 0 Å². The molecule has 6 nitrogen and oxygen atoms in total. The van der Waals surface area contributed by atoms with Crippen LogP contribution < -0.4 is 5.32 Å². The zero-order chi connectivity index (χ0) is 59.2. The number of ether oxygens (including phenoxy) is 1. The van der Waals surface area contributed by atoms with Crippen molar-refractivity contribution in [3.63, 3.8) is 0 Å². The van der Waals surface area contributed by atoms with Gasteiger partial charge in [0.2, 0.25) is 5.91 Å². The van der Waals surface area contributed by atoms with Crippen LogP contribution in [0.3, 0.4) is 0 Å². The summed E-state index contributed by atoms with van der Waals surface area (Å²) in [5.41, 5.74) is 0. The molecule has 0 aromatic carbocycles. The minimum Gasteiger partial charge on any atom is -0.466 e. The van der Waals surface area contributed by atoms with Gasteiger partial charge in [0.25, 0.3) is 0 Å². The molecular weight excluding hydrogens is 1010 g/mol. The molecule has 480 valence electrons. The van der Waals surface area contributed by atoms with Crippen molar-refractivity contribution in [1.82, 2.24) is 5.32 Å². The Morgan fingerprint density at radius 3 is 0.939 bits per heavy atom. The van der Waals surface area contributed by atoms with Crippen molar-refractivity contribution in [3.8, 4) is 0 Å². The molecule has 1 amide bonds. The highest BCUT2D eigenvalue weighted by Crippen LogP contribution is 2.18. The Kier molecular flexibility index (Phi) is 68.9. The Labute approximate surface area is 511 Å². The molecule has 0 bridgehead atoms. The fourth-order valence-corrected chi connectivity index (χ4v) is 11.2. The highest BCUT2D eigenvalue weighted by atomic mass is 16.5. The number of carbonyl (C=O) groups excluding carboxylic acids is 2. The standard InChI is InChI=1S/C76H141NO5/c1-3-5-7-9-11-13-15-16-17-18-41-44-47-50-54-58-62-66-70-76(81)82-71-67-63-59-55-51-48-45-42-39-37-35-33-31-29-27-25-23-21-19-20-22-24-26-28-30-32-34-36-38-40-43-46-49-53-57-61-65-69-75(80)77-73(72-78)74(79)68-64-60-56-52-14-12-10-8-6-4-2/h13,15,17-19,21,25,27,64,68,73-74,78-79H,3-12,14,16,20,22-24,26,28-63,65-67,69-72H2,1-2H3,(H,77,80)/b15-13-,18-17-,21-19-,27-25-,68-64+. The predicted octanol–water partition coefficient (Wildman–Crippen LogP) is 23.8. The van der Waals surface area contributed by atoms with Crippen LogP contribution in [0.5, 0.6) is 0 Å². The molecule has 2 unspecified atom stereocenters. The number of hydrogen-bond acceptors (Lipinski definition) is 5. The fourth-order valence-electron chi connectivity index (χ4n) is 11.2. The number of esters is 1. The molecule has 82 heavy (non-hydrogen) atoms. The van der Waals surface area contributed by atoms with Gasteiger partial charge in [-0.1, -0.05) is 338 Å². The molecule has 0 spiro atoms. The molecule has 0 aromatic rings. The largest absolute Gasteiger partial charge is 0.466 e. The average Bonchev–Trinajstić information content (AvgIpc) is 3.48. The Morgan fingerprint density at radius 2 is 0.610 bits per heavy atom. The summed E-state index contributed by atoms with van der Waals surface area (Å²) in [6.45, 7) is 4.88. The van der Waals surface area contributed by atoms with Gasteiger partial charge in [-0.2, -0.15) is 0 Å². The summed E-state index contributed by atoms with van der Waals surface area (Å²) < 4.78 is 5.50. The zero-order valence-corrected chi connectivity index (χ0v) is 55.0. The van der Waals surface area contributed by atoms with Gasteiger partial charge in [0.1, 0.15) is 0 Å². The van der Waals surface area contributed by atoms with Crippen LogP contribution in [0.15, 0.2) is 60.8 Å². The normalized spacial score (nSPS) is 12.9. The van der Waals surface area contributed by atoms with E-state index in [9.17, 15) is 19.8 Å². The molecule has 0 saturated heterocycles. The molecule has 2 atom stereocenters. The molecule has 0 aromatic heterocycles. The van der Waals surface area contributed by atoms with Gasteiger partial charge >= 0.3 is 5.97 Å². The topological polar surface area (TPSA) is 95.9 Å². The lowest BCUT2D eigenvalue weighted by molar-refractivity contribution is -0.143. The fraction of sp³-hybridized carbons (Fsp3) is 0.842. The number of aliphatic hydroxyl groups is 2. The first-order valence-electron chi connectivity index (χ1n) is 36.6. The summed E-state index contributed by atoms with van der Waals surface area (Å²) in [5, 5.41) is 23.0. The van der Waals surface area contributed by atoms with Crippen LogP contribution in [-0.2, 0) is 14.3 Å². The summed E-state index contributed by atoms with van der Waals surface area (Å²) in [6.07, 6.45) is 94.7. The highest BCUT2D eigenvalue weighted by molar-refractivity contribution is 5.76. The van der Waals surface area contributed by atoms with Gasteiger partial charge in [-0.3, -0.25) is 9.59 Å². The third-order valence-electron chi connectivity index (χ3n) is 16.8. The van der Waals surface area contributed by atoms with Crippen LogP contribution >= 0.6 is 0 Å². The van der Waals surface area contributed by atoms with Crippen LogP contribution in [0, 0.1) is 0 Å². The quantitative estimate of drug-likeness (QED) is 0.0320. The van der Waals surface area contributed by atoms with Crippen molar-refractivity contribution < 1.29 is 24.5 Å². The Balaban J connectivity index is 3.35. The summed E-state index contributed by atoms with van der Waals surface area (Å²) in [5.74, 6) is -0.0554. The number of nitrogens with one attached hydrogen (secondary N) is 1. The first kappa shape index (κ1) is 79.6. The van der Waals surface area contributed by atoms with E-state index in [-0.39, 0.29) is 18.5 Å². The Morgan fingerprint density at radius 1 is 0.341 bits per heavy atom. The maximum absolute atomic E-state index is 12.4. The summed E-state index contributed by atoms with van der Waals surface area (Å²) >= 11 is 0. The molecule has 0 fully saturated rings. The van der Waals surface area contributed by atoms with Crippen molar-refractivity contribution in [2.45, 2.75) is 398 Å². The second-order valence-electron chi connectivity index (χ2n) is 24.9. The molecular formula is C76H141NO5. The SMILES string of the molecule is CCCCCC/C=C\C/C=C\CCCCCCCCCC(=O)OCCCCCCCCCCCCCCC/C=C\C/C=C\CCCCCCCCCCCCCCCCCCCC(=O)NC(CO)C(O)/C=C/CCCCCCCCCC. The number of unbranched alkanes of at least 4 members (excludes halogenated alkanes) is 49. The Hall–Kier alpha value is -2.44. The third kappa shape index (κ3) is 66.7. The zero-order valence-electron chi connectivity index (χ0n) is 55.0. The molecule has 0 aliphatic carbocycles. The van der Waals surface area contributed by atoms with Gasteiger partial charge in [0.15, 0.2) is 0 Å². The second-order valence-corrected chi connectivity index (χ2v) is 24.9. The first-order chi connectivity index (χ1) is 40.5. The number of rotatable bonds is 68. The van der Waals surface area contributed by atoms with Gasteiger partial charge in [-0.05, 0) is 96.3 Å². The minimum absolute atomic E-state index is 0.0111. The summed E-state index contributed by atoms with van der Waals surface area (Å²) in [4.78, 5) is 24.5. The maximum Gasteiger partial charge on any atom is 0.305 e. The van der Waals surface area contributed by atoms with E-state index in [1.807, 2.05) is 6.08 Å². The van der Waals surface area contributed by atoms with Crippen molar-refractivity contribution in [2.24, 2.45) is 0 Å². The smallest absolute Gasteiger partial charge is 0.305 e. The van der Waals surface area contributed by atoms with Gasteiger partial charge in [0.05, 0.1) is 25.4 Å². The van der Waals surface area contributed by atoms with Crippen molar-refractivity contribution in [1.29, 1.82) is 0 Å². The van der Waals surface area contributed by atoms with E-state index in [1.165, 1.54) is 302 Å². The van der Waals surface area contributed by atoms with Crippen molar-refractivity contribution >= 4 is 11.9 Å². The van der Waals surface area contributed by atoms with Crippen molar-refractivity contribution in [2.75, 3.05) is 13.2 Å². The molecule has 0 radical (unpaired) electrons. The summed E-state index contributed by atoms with van der Waals surface area (Å²) in [6, 6.07) is -0.625. The molecule has 6 heteroatoms. The average molecular weight is 1150 g/mol. The lowest BCUT2D eigenvalue weighted by atomic mass is 10.0. The first-order valence-corrected chi connectivity index (χ1v) is 36.6. The van der Waals surface area contributed by atoms with Gasteiger partial charge in [0, 0.05) is 12.8 Å². The lowest BCUT2D eigenvalue weighted by Gasteiger charge is -2.20. The molecule has 0 rings (SSSR count). The lowest BCUT2D eigenvalue weighted by Crippen LogP contribution is -2.45. The van der Waals surface area contributed by atoms with E-state index in [0.717, 1.165) is 57.8 Å². The van der Waals surface area contributed by atoms with Crippen LogP contribution in [0.2, 0.25) is 0 Å². The van der Waals surface area contributed by atoms with E-state index in [1.54, 1.807) is 6.08 Å². The number of amides is 1. The number of carbonyl (C=O) groups is 2. The minimum atomic E-state index is -0.841. The monoisotopic (exact) mass is 1150 g/mol. The van der Waals surface area contributed by atoms with E-state index in [4.69, 9.17) is 4.74 Å². The van der Waals surface area contributed by atoms with Gasteiger partial charge in [-0.15, -0.1) is 0 Å². The molecule has 0 heterocycles. The van der Waals surface area contributed by atoms with Crippen LogP contribution in [0.25, 0.3) is 0 Å². The van der Waals surface area contributed by atoms with Crippen molar-refractivity contribution in [3.05, 3.63) is 60.8 Å². The van der Waals surface area contributed by atoms with E-state index < -0.39 is 12.1 Å². The van der Waals surface area contributed by atoms with Gasteiger partial charge in [-0.25, -0.2) is 0 Å². The summed E-state index contributed by atoms with van der Waals surface area (Å²) in [7, 11) is 0. The Bertz CT molecular complexity index is 1420. The highest BCUT2D eigenvalue weighted by Gasteiger charge is 2.18. The second kappa shape index (κ2) is 71.0. The molecule has 0 saturated carbocycles. The van der Waals surface area contributed by atoms with Crippen LogP contribution in [-0.4, -0.2) is 47.4 Å². The molecule has 0 aliphatic rings. The van der Waals surface area contributed by atoms with E-state index >= 15 is 0 Å². The number of allylic oxidation sites excluding steroid dienone is 9. The maximum atomic E-state index is 12.4. The van der Waals surface area contributed by atoms with E-state index in [0.29, 0.717) is 19.4 Å². The van der Waals surface area contributed by atoms with E-state index in [2.05, 4.69) is 67.8 Å². The van der Waals surface area contributed by atoms with Crippen LogP contribution in [0.1, 0.15) is 386 Å². The van der Waals surface area contributed by atoms with Gasteiger partial charge < -0.3 is 20.3 Å². The molecule has 0 aliphatic heterocycles. The third-order valence-corrected chi connectivity index (χ3v) is 16.8. The number of aliphatic hydroxyl groups excluding tert-OH is 2. The number of hydrogen-bond donors (Lipinski definition) is 3.